The second kappa shape index (κ2) is 7.38. The van der Waals surface area contributed by atoms with Crippen molar-refractivity contribution in [2.75, 3.05) is 12.0 Å². The van der Waals surface area contributed by atoms with E-state index in [-0.39, 0.29) is 12.3 Å². The largest absolute Gasteiger partial charge is 0.480 e. The lowest BCUT2D eigenvalue weighted by Crippen LogP contribution is -2.41. The van der Waals surface area contributed by atoms with Crippen LogP contribution in [0.5, 0.6) is 0 Å². The Morgan fingerprint density at radius 2 is 2.33 bits per heavy atom. The Bertz CT molecular complexity index is 420. The van der Waals surface area contributed by atoms with Crippen molar-refractivity contribution in [2.24, 2.45) is 0 Å². The predicted molar refractivity (Wildman–Crippen MR) is 73.1 cm³/mol. The second-order valence-electron chi connectivity index (χ2n) is 3.77. The number of thioether (sulfide) groups is 1. The number of hydrogen-bond acceptors (Lipinski definition) is 5. The fraction of sp³-hybridized carbons (Fsp3) is 0.545. The van der Waals surface area contributed by atoms with Gasteiger partial charge < -0.3 is 10.4 Å². The molecule has 0 saturated carbocycles. The number of nitrogens with zero attached hydrogens (tertiary/aromatic N) is 1. The molecule has 0 saturated heterocycles. The van der Waals surface area contributed by atoms with Gasteiger partial charge in [-0.05, 0) is 25.4 Å². The monoisotopic (exact) mass is 288 g/mol. The van der Waals surface area contributed by atoms with Gasteiger partial charge in [-0.1, -0.05) is 0 Å². The molecule has 0 spiro atoms. The van der Waals surface area contributed by atoms with Crippen LogP contribution < -0.4 is 5.32 Å². The van der Waals surface area contributed by atoms with E-state index in [2.05, 4.69) is 10.3 Å². The molecule has 1 aromatic heterocycles. The zero-order valence-corrected chi connectivity index (χ0v) is 11.9. The fourth-order valence-electron chi connectivity index (χ4n) is 1.39. The molecule has 0 aromatic carbocycles. The Morgan fingerprint density at radius 1 is 1.61 bits per heavy atom. The summed E-state index contributed by atoms with van der Waals surface area (Å²) >= 11 is 3.03. The third kappa shape index (κ3) is 5.05. The summed E-state index contributed by atoms with van der Waals surface area (Å²) in [5.74, 6) is -0.590. The van der Waals surface area contributed by atoms with Gasteiger partial charge in [-0.25, -0.2) is 9.78 Å². The molecule has 1 amide bonds. The Labute approximate surface area is 114 Å². The Morgan fingerprint density at radius 3 is 2.83 bits per heavy atom. The van der Waals surface area contributed by atoms with E-state index in [0.717, 1.165) is 5.01 Å². The van der Waals surface area contributed by atoms with Crippen molar-refractivity contribution in [3.8, 4) is 0 Å². The first-order valence-electron chi connectivity index (χ1n) is 5.45. The van der Waals surface area contributed by atoms with Crippen molar-refractivity contribution in [3.05, 3.63) is 16.1 Å². The normalized spacial score (nSPS) is 12.1. The van der Waals surface area contributed by atoms with E-state index < -0.39 is 12.0 Å². The van der Waals surface area contributed by atoms with Crippen molar-refractivity contribution >= 4 is 35.0 Å². The van der Waals surface area contributed by atoms with Crippen LogP contribution in [0.4, 0.5) is 0 Å². The van der Waals surface area contributed by atoms with Crippen LogP contribution in [0.15, 0.2) is 5.38 Å². The van der Waals surface area contributed by atoms with Crippen LogP contribution in [0.2, 0.25) is 0 Å². The molecule has 5 nitrogen and oxygen atoms in total. The van der Waals surface area contributed by atoms with Gasteiger partial charge in [-0.2, -0.15) is 11.8 Å². The van der Waals surface area contributed by atoms with E-state index in [1.165, 1.54) is 11.3 Å². The van der Waals surface area contributed by atoms with Crippen LogP contribution in [-0.2, 0) is 16.0 Å². The van der Waals surface area contributed by atoms with Crippen LogP contribution in [0.25, 0.3) is 0 Å². The van der Waals surface area contributed by atoms with Gasteiger partial charge in [-0.15, -0.1) is 11.3 Å². The molecule has 2 N–H and O–H groups in total. The number of carboxylic acids is 1. The molecular formula is C11H16N2O3S2. The van der Waals surface area contributed by atoms with Gasteiger partial charge in [0.05, 0.1) is 17.1 Å². The van der Waals surface area contributed by atoms with Gasteiger partial charge >= 0.3 is 5.97 Å². The smallest absolute Gasteiger partial charge is 0.326 e. The summed E-state index contributed by atoms with van der Waals surface area (Å²) in [4.78, 5) is 26.8. The first-order valence-corrected chi connectivity index (χ1v) is 7.72. The minimum Gasteiger partial charge on any atom is -0.480 e. The van der Waals surface area contributed by atoms with Gasteiger partial charge in [-0.3, -0.25) is 4.79 Å². The number of carbonyl (C=O) groups is 2. The number of amides is 1. The summed E-state index contributed by atoms with van der Waals surface area (Å²) in [7, 11) is 0. The minimum absolute atomic E-state index is 0.132. The molecule has 7 heteroatoms. The number of rotatable bonds is 7. The fourth-order valence-corrected chi connectivity index (χ4v) is 2.48. The van der Waals surface area contributed by atoms with E-state index in [4.69, 9.17) is 5.11 Å². The van der Waals surface area contributed by atoms with Crippen molar-refractivity contribution in [2.45, 2.75) is 25.8 Å². The lowest BCUT2D eigenvalue weighted by Gasteiger charge is -2.13. The summed E-state index contributed by atoms with van der Waals surface area (Å²) in [6.07, 6.45) is 2.46. The standard InChI is InChI=1S/C11H16N2O3S2/c1-7-12-8(6-18-7)5-10(14)13-9(11(15)16)3-4-17-2/h6,9H,3-5H2,1-2H3,(H,13,14)(H,15,16)/t9-/m0/s1. The molecule has 0 aliphatic heterocycles. The molecule has 1 atom stereocenters. The van der Waals surface area contributed by atoms with E-state index in [0.29, 0.717) is 17.9 Å². The van der Waals surface area contributed by atoms with E-state index in [1.807, 2.05) is 18.6 Å². The van der Waals surface area contributed by atoms with Crippen molar-refractivity contribution < 1.29 is 14.7 Å². The first-order chi connectivity index (χ1) is 8.52. The van der Waals surface area contributed by atoms with Gasteiger partial charge in [0.2, 0.25) is 5.91 Å². The van der Waals surface area contributed by atoms with Gasteiger partial charge in [0.25, 0.3) is 0 Å². The number of thiazole rings is 1. The maximum absolute atomic E-state index is 11.7. The highest BCUT2D eigenvalue weighted by Gasteiger charge is 2.19. The third-order valence-electron chi connectivity index (χ3n) is 2.25. The summed E-state index contributed by atoms with van der Waals surface area (Å²) in [6.45, 7) is 1.87. The molecule has 0 radical (unpaired) electrons. The Kier molecular flexibility index (Phi) is 6.14. The minimum atomic E-state index is -0.994. The molecule has 18 heavy (non-hydrogen) atoms. The highest BCUT2D eigenvalue weighted by molar-refractivity contribution is 7.98. The lowest BCUT2D eigenvalue weighted by atomic mass is 10.2. The maximum Gasteiger partial charge on any atom is 0.326 e. The van der Waals surface area contributed by atoms with Crippen molar-refractivity contribution in [1.82, 2.24) is 10.3 Å². The molecule has 1 rings (SSSR count). The Balaban J connectivity index is 2.48. The molecule has 0 bridgehead atoms. The van der Waals surface area contributed by atoms with E-state index in [1.54, 1.807) is 11.8 Å². The quantitative estimate of drug-likeness (QED) is 0.791. The zero-order valence-electron chi connectivity index (χ0n) is 10.3. The lowest BCUT2D eigenvalue weighted by molar-refractivity contribution is -0.141. The number of hydrogen-bond donors (Lipinski definition) is 2. The number of aliphatic carboxylic acids is 1. The number of aromatic nitrogens is 1. The SMILES string of the molecule is CSCC[C@H](NC(=O)Cc1csc(C)n1)C(=O)O. The van der Waals surface area contributed by atoms with Crippen LogP contribution in [0, 0.1) is 6.92 Å². The zero-order chi connectivity index (χ0) is 13.5. The van der Waals surface area contributed by atoms with E-state index in [9.17, 15) is 9.59 Å². The molecule has 1 aromatic rings. The summed E-state index contributed by atoms with van der Waals surface area (Å²) in [5.41, 5.74) is 0.684. The average molecular weight is 288 g/mol. The van der Waals surface area contributed by atoms with E-state index >= 15 is 0 Å². The second-order valence-corrected chi connectivity index (χ2v) is 5.82. The maximum atomic E-state index is 11.7. The topological polar surface area (TPSA) is 79.3 Å². The van der Waals surface area contributed by atoms with Crippen LogP contribution in [-0.4, -0.2) is 40.0 Å². The average Bonchev–Trinajstić information content (AvgIpc) is 2.69. The predicted octanol–water partition coefficient (Wildman–Crippen LogP) is 1.32. The highest BCUT2D eigenvalue weighted by atomic mass is 32.2. The molecule has 0 aliphatic rings. The van der Waals surface area contributed by atoms with Crippen LogP contribution in [0.1, 0.15) is 17.1 Å². The van der Waals surface area contributed by atoms with Gasteiger partial charge in [0.15, 0.2) is 0 Å². The first kappa shape index (κ1) is 15.0. The van der Waals surface area contributed by atoms with Crippen LogP contribution >= 0.6 is 23.1 Å². The molecule has 0 fully saturated rings. The van der Waals surface area contributed by atoms with Crippen LogP contribution in [0.3, 0.4) is 0 Å². The summed E-state index contributed by atoms with van der Waals surface area (Å²) in [6, 6.07) is -0.815. The number of carbonyl (C=O) groups excluding carboxylic acids is 1. The number of carboxylic acid groups (broad SMARTS) is 1. The molecule has 100 valence electrons. The van der Waals surface area contributed by atoms with Gasteiger partial charge in [0, 0.05) is 5.38 Å². The number of nitrogens with one attached hydrogen (secondary N) is 1. The van der Waals surface area contributed by atoms with Crippen molar-refractivity contribution in [3.63, 3.8) is 0 Å². The number of aryl methyl sites for hydroxylation is 1. The third-order valence-corrected chi connectivity index (χ3v) is 3.72. The van der Waals surface area contributed by atoms with Crippen molar-refractivity contribution in [1.29, 1.82) is 0 Å². The highest BCUT2D eigenvalue weighted by Crippen LogP contribution is 2.08. The molecular weight excluding hydrogens is 272 g/mol. The molecule has 0 unspecified atom stereocenters. The summed E-state index contributed by atoms with van der Waals surface area (Å²) < 4.78 is 0. The summed E-state index contributed by atoms with van der Waals surface area (Å²) in [5, 5.41) is 14.2. The molecule has 1 heterocycles. The Hall–Kier alpha value is -1.08. The molecule has 0 aliphatic carbocycles. The van der Waals surface area contributed by atoms with Gasteiger partial charge in [0.1, 0.15) is 6.04 Å².